The Labute approximate surface area is 165 Å². The zero-order valence-corrected chi connectivity index (χ0v) is 16.5. The summed E-state index contributed by atoms with van der Waals surface area (Å²) in [6.07, 6.45) is 1.73. The molecule has 1 aliphatic rings. The van der Waals surface area contributed by atoms with Gasteiger partial charge in [-0.3, -0.25) is 9.59 Å². The van der Waals surface area contributed by atoms with E-state index in [-0.39, 0.29) is 17.5 Å². The van der Waals surface area contributed by atoms with Crippen molar-refractivity contribution in [3.8, 4) is 11.3 Å². The molecule has 3 rings (SSSR count). The van der Waals surface area contributed by atoms with E-state index in [2.05, 4.69) is 9.97 Å². The summed E-state index contributed by atoms with van der Waals surface area (Å²) < 4.78 is 0. The number of carbonyl (C=O) groups is 2. The molecule has 0 bridgehead atoms. The molecule has 2 amide bonds. The molecule has 7 heteroatoms. The summed E-state index contributed by atoms with van der Waals surface area (Å²) in [5.74, 6) is -0.0560. The van der Waals surface area contributed by atoms with E-state index in [1.54, 1.807) is 6.07 Å². The molecule has 1 atom stereocenters. The highest BCUT2D eigenvalue weighted by Gasteiger charge is 2.30. The van der Waals surface area contributed by atoms with Crippen LogP contribution in [0.25, 0.3) is 11.3 Å². The highest BCUT2D eigenvalue weighted by molar-refractivity contribution is 5.92. The van der Waals surface area contributed by atoms with E-state index < -0.39 is 5.91 Å². The summed E-state index contributed by atoms with van der Waals surface area (Å²) in [6.45, 7) is 6.70. The van der Waals surface area contributed by atoms with Crippen LogP contribution in [0.3, 0.4) is 0 Å². The Kier molecular flexibility index (Phi) is 6.23. The van der Waals surface area contributed by atoms with Gasteiger partial charge in [0, 0.05) is 31.7 Å². The number of piperidine rings is 1. The molecule has 1 aromatic heterocycles. The zero-order valence-electron chi connectivity index (χ0n) is 16.5. The first-order valence-electron chi connectivity index (χ1n) is 9.81. The van der Waals surface area contributed by atoms with Crippen molar-refractivity contribution in [3.63, 3.8) is 0 Å². The zero-order chi connectivity index (χ0) is 20.1. The molecule has 1 fully saturated rings. The SMILES string of the molecule is CCN(CC)C(=O)C1CCCN(c2nc(C(N)=O)cc(-c3ccccc3)n2)C1. The fourth-order valence-corrected chi connectivity index (χ4v) is 3.61. The second kappa shape index (κ2) is 8.82. The number of anilines is 1. The van der Waals surface area contributed by atoms with Crippen molar-refractivity contribution >= 4 is 17.8 Å². The van der Waals surface area contributed by atoms with Crippen LogP contribution in [-0.4, -0.2) is 52.9 Å². The number of rotatable bonds is 6. The quantitative estimate of drug-likeness (QED) is 0.829. The summed E-state index contributed by atoms with van der Waals surface area (Å²) >= 11 is 0. The molecule has 2 N–H and O–H groups in total. The first-order valence-corrected chi connectivity index (χ1v) is 9.81. The van der Waals surface area contributed by atoms with Gasteiger partial charge in [0.2, 0.25) is 11.9 Å². The molecule has 28 heavy (non-hydrogen) atoms. The van der Waals surface area contributed by atoms with Gasteiger partial charge in [0.1, 0.15) is 5.69 Å². The lowest BCUT2D eigenvalue weighted by Crippen LogP contribution is -2.45. The van der Waals surface area contributed by atoms with Crippen molar-refractivity contribution < 1.29 is 9.59 Å². The minimum atomic E-state index is -0.589. The average molecular weight is 381 g/mol. The molecule has 0 spiro atoms. The van der Waals surface area contributed by atoms with E-state index in [0.717, 1.165) is 24.9 Å². The van der Waals surface area contributed by atoms with Crippen LogP contribution in [0.4, 0.5) is 5.95 Å². The van der Waals surface area contributed by atoms with Crippen molar-refractivity contribution in [2.24, 2.45) is 11.7 Å². The second-order valence-corrected chi connectivity index (χ2v) is 6.96. The van der Waals surface area contributed by atoms with Crippen molar-refractivity contribution in [2.45, 2.75) is 26.7 Å². The monoisotopic (exact) mass is 381 g/mol. The van der Waals surface area contributed by atoms with Gasteiger partial charge in [-0.25, -0.2) is 9.97 Å². The van der Waals surface area contributed by atoms with E-state index in [1.807, 2.05) is 54.0 Å². The maximum atomic E-state index is 12.8. The number of hydrogen-bond acceptors (Lipinski definition) is 5. The van der Waals surface area contributed by atoms with Gasteiger partial charge in [0.15, 0.2) is 0 Å². The Morgan fingerprint density at radius 3 is 2.54 bits per heavy atom. The summed E-state index contributed by atoms with van der Waals surface area (Å²) in [7, 11) is 0. The standard InChI is InChI=1S/C21H27N5O2/c1-3-25(4-2)20(28)16-11-8-12-26(14-16)21-23-17(13-18(24-21)19(22)27)15-9-6-5-7-10-15/h5-7,9-10,13,16H,3-4,8,11-12,14H2,1-2H3,(H2,22,27). The number of carbonyl (C=O) groups excluding carboxylic acids is 2. The van der Waals surface area contributed by atoms with Crippen LogP contribution in [0.15, 0.2) is 36.4 Å². The lowest BCUT2D eigenvalue weighted by Gasteiger charge is -2.34. The van der Waals surface area contributed by atoms with Crippen LogP contribution >= 0.6 is 0 Å². The number of aromatic nitrogens is 2. The van der Waals surface area contributed by atoms with Gasteiger partial charge in [-0.15, -0.1) is 0 Å². The van der Waals surface area contributed by atoms with Crippen LogP contribution < -0.4 is 10.6 Å². The minimum absolute atomic E-state index is 0.0883. The second-order valence-electron chi connectivity index (χ2n) is 6.96. The third-order valence-corrected chi connectivity index (χ3v) is 5.16. The predicted molar refractivity (Wildman–Crippen MR) is 109 cm³/mol. The molecule has 1 unspecified atom stereocenters. The predicted octanol–water partition coefficient (Wildman–Crippen LogP) is 2.33. The van der Waals surface area contributed by atoms with Crippen molar-refractivity contribution in [1.82, 2.24) is 14.9 Å². The van der Waals surface area contributed by atoms with Crippen LogP contribution in [0.1, 0.15) is 37.2 Å². The van der Waals surface area contributed by atoms with E-state index in [0.29, 0.717) is 31.3 Å². The summed E-state index contributed by atoms with van der Waals surface area (Å²) in [5, 5.41) is 0. The summed E-state index contributed by atoms with van der Waals surface area (Å²) in [5.41, 5.74) is 7.22. The molecule has 148 valence electrons. The van der Waals surface area contributed by atoms with Crippen LogP contribution in [0.2, 0.25) is 0 Å². The number of nitrogens with two attached hydrogens (primary N) is 1. The first kappa shape index (κ1) is 19.8. The largest absolute Gasteiger partial charge is 0.364 e. The lowest BCUT2D eigenvalue weighted by molar-refractivity contribution is -0.135. The fourth-order valence-electron chi connectivity index (χ4n) is 3.61. The van der Waals surface area contributed by atoms with Gasteiger partial charge < -0.3 is 15.5 Å². The van der Waals surface area contributed by atoms with Gasteiger partial charge in [0.05, 0.1) is 11.6 Å². The van der Waals surface area contributed by atoms with E-state index in [1.165, 1.54) is 0 Å². The maximum Gasteiger partial charge on any atom is 0.267 e. The van der Waals surface area contributed by atoms with Gasteiger partial charge in [-0.05, 0) is 32.8 Å². The first-order chi connectivity index (χ1) is 13.5. The number of nitrogens with zero attached hydrogens (tertiary/aromatic N) is 4. The maximum absolute atomic E-state index is 12.8. The van der Waals surface area contributed by atoms with Gasteiger partial charge in [0.25, 0.3) is 5.91 Å². The molecule has 0 radical (unpaired) electrons. The molecule has 2 aromatic rings. The normalized spacial score (nSPS) is 16.6. The molecule has 1 aliphatic heterocycles. The van der Waals surface area contributed by atoms with Crippen LogP contribution in [0.5, 0.6) is 0 Å². The molecule has 0 aliphatic carbocycles. The van der Waals surface area contributed by atoms with E-state index in [9.17, 15) is 9.59 Å². The highest BCUT2D eigenvalue weighted by Crippen LogP contribution is 2.25. The molecule has 0 saturated carbocycles. The third-order valence-electron chi connectivity index (χ3n) is 5.16. The highest BCUT2D eigenvalue weighted by atomic mass is 16.2. The van der Waals surface area contributed by atoms with Gasteiger partial charge >= 0.3 is 0 Å². The Balaban J connectivity index is 1.90. The summed E-state index contributed by atoms with van der Waals surface area (Å²) in [4.78, 5) is 37.5. The Hall–Kier alpha value is -2.96. The smallest absolute Gasteiger partial charge is 0.267 e. The number of benzene rings is 1. The number of primary amides is 1. The van der Waals surface area contributed by atoms with Gasteiger partial charge in [-0.2, -0.15) is 0 Å². The lowest BCUT2D eigenvalue weighted by atomic mass is 9.96. The Morgan fingerprint density at radius 1 is 1.18 bits per heavy atom. The van der Waals surface area contributed by atoms with E-state index >= 15 is 0 Å². The number of amides is 2. The van der Waals surface area contributed by atoms with Crippen molar-refractivity contribution in [3.05, 3.63) is 42.1 Å². The number of hydrogen-bond donors (Lipinski definition) is 1. The molecule has 1 saturated heterocycles. The van der Waals surface area contributed by atoms with Crippen molar-refractivity contribution in [2.75, 3.05) is 31.1 Å². The fraction of sp³-hybridized carbons (Fsp3) is 0.429. The molecule has 7 nitrogen and oxygen atoms in total. The average Bonchev–Trinajstić information content (AvgIpc) is 2.75. The minimum Gasteiger partial charge on any atom is -0.364 e. The Morgan fingerprint density at radius 2 is 1.89 bits per heavy atom. The summed E-state index contributed by atoms with van der Waals surface area (Å²) in [6, 6.07) is 11.2. The van der Waals surface area contributed by atoms with Crippen LogP contribution in [-0.2, 0) is 4.79 Å². The topological polar surface area (TPSA) is 92.4 Å². The molecule has 2 heterocycles. The van der Waals surface area contributed by atoms with Crippen LogP contribution in [0, 0.1) is 5.92 Å². The van der Waals surface area contributed by atoms with E-state index in [4.69, 9.17) is 5.73 Å². The molecule has 1 aromatic carbocycles. The molecular formula is C21H27N5O2. The van der Waals surface area contributed by atoms with Gasteiger partial charge in [-0.1, -0.05) is 30.3 Å². The molecular weight excluding hydrogens is 354 g/mol. The Bertz CT molecular complexity index is 836. The third kappa shape index (κ3) is 4.30. The van der Waals surface area contributed by atoms with Crippen molar-refractivity contribution in [1.29, 1.82) is 0 Å².